The van der Waals surface area contributed by atoms with Crippen LogP contribution in [0.25, 0.3) is 11.1 Å². The fourth-order valence-corrected chi connectivity index (χ4v) is 2.92. The van der Waals surface area contributed by atoms with E-state index >= 15 is 0 Å². The summed E-state index contributed by atoms with van der Waals surface area (Å²) in [6.07, 6.45) is 0.819. The van der Waals surface area contributed by atoms with E-state index < -0.39 is 0 Å². The third kappa shape index (κ3) is 3.60. The number of nitrogens with two attached hydrogens (primary N) is 1. The van der Waals surface area contributed by atoms with E-state index in [1.165, 1.54) is 11.3 Å². The van der Waals surface area contributed by atoms with Crippen molar-refractivity contribution in [3.05, 3.63) is 34.5 Å². The van der Waals surface area contributed by atoms with Gasteiger partial charge in [-0.05, 0) is 35.2 Å². The second kappa shape index (κ2) is 7.21. The third-order valence-corrected chi connectivity index (χ3v) is 4.01. The molecule has 1 aromatic heterocycles. The highest BCUT2D eigenvalue weighted by Crippen LogP contribution is 2.35. The fraction of sp³-hybridized carbons (Fsp3) is 0.267. The normalized spacial score (nSPS) is 10.6. The highest BCUT2D eigenvalue weighted by molar-refractivity contribution is 7.12. The molecule has 5 nitrogen and oxygen atoms in total. The summed E-state index contributed by atoms with van der Waals surface area (Å²) >= 11 is 1.37. The number of nitrogens with zero attached hydrogens (tertiary/aromatic N) is 1. The summed E-state index contributed by atoms with van der Waals surface area (Å²) in [7, 11) is 0. The molecule has 2 aromatic rings. The predicted octanol–water partition coefficient (Wildman–Crippen LogP) is 1.60. The van der Waals surface area contributed by atoms with Crippen LogP contribution in [0.15, 0.2) is 29.6 Å². The number of thiophene rings is 1. The van der Waals surface area contributed by atoms with Crippen LogP contribution >= 0.6 is 11.3 Å². The van der Waals surface area contributed by atoms with E-state index in [9.17, 15) is 15.0 Å². The molecule has 0 amide bonds. The SMILES string of the molecule is Nc1ccc(N(CCO)CCO)c(-c2csc(C=O)c2)c1. The molecule has 21 heavy (non-hydrogen) atoms. The van der Waals surface area contributed by atoms with Crippen molar-refractivity contribution in [1.82, 2.24) is 0 Å². The zero-order valence-electron chi connectivity index (χ0n) is 11.5. The van der Waals surface area contributed by atoms with E-state index in [0.717, 1.165) is 23.1 Å². The molecule has 0 saturated heterocycles. The molecule has 112 valence electrons. The molecule has 2 rings (SSSR count). The minimum Gasteiger partial charge on any atom is -0.399 e. The van der Waals surface area contributed by atoms with Gasteiger partial charge < -0.3 is 20.8 Å². The number of aliphatic hydroxyl groups excluding tert-OH is 2. The molecule has 0 aliphatic carbocycles. The second-order valence-electron chi connectivity index (χ2n) is 4.57. The van der Waals surface area contributed by atoms with E-state index in [-0.39, 0.29) is 13.2 Å². The lowest BCUT2D eigenvalue weighted by atomic mass is 10.0. The number of anilines is 2. The molecule has 0 aliphatic heterocycles. The Morgan fingerprint density at radius 2 is 1.90 bits per heavy atom. The van der Waals surface area contributed by atoms with E-state index in [4.69, 9.17) is 5.73 Å². The number of hydrogen-bond donors (Lipinski definition) is 3. The maximum absolute atomic E-state index is 10.9. The molecule has 0 spiro atoms. The van der Waals surface area contributed by atoms with Gasteiger partial charge in [0, 0.05) is 30.0 Å². The number of hydrogen-bond acceptors (Lipinski definition) is 6. The van der Waals surface area contributed by atoms with Gasteiger partial charge in [-0.1, -0.05) is 0 Å². The van der Waals surface area contributed by atoms with E-state index in [2.05, 4.69) is 0 Å². The van der Waals surface area contributed by atoms with Crippen LogP contribution in [0.2, 0.25) is 0 Å². The summed E-state index contributed by atoms with van der Waals surface area (Å²) in [6, 6.07) is 7.31. The Hall–Kier alpha value is -1.89. The van der Waals surface area contributed by atoms with Gasteiger partial charge in [0.05, 0.1) is 18.1 Å². The quantitative estimate of drug-likeness (QED) is 0.534. The van der Waals surface area contributed by atoms with Gasteiger partial charge in [0.15, 0.2) is 6.29 Å². The minimum atomic E-state index is -0.00690. The standard InChI is InChI=1S/C15H18N2O3S/c16-12-1-2-15(17(3-5-18)4-6-19)14(8-12)11-7-13(9-20)21-10-11/h1-2,7-10,18-19H,3-6,16H2. The number of aliphatic hydroxyl groups is 2. The van der Waals surface area contributed by atoms with Crippen molar-refractivity contribution in [3.8, 4) is 11.1 Å². The third-order valence-electron chi connectivity index (χ3n) is 3.15. The van der Waals surface area contributed by atoms with Crippen LogP contribution in [0.4, 0.5) is 11.4 Å². The molecule has 6 heteroatoms. The smallest absolute Gasteiger partial charge is 0.160 e. The van der Waals surface area contributed by atoms with Gasteiger partial charge in [-0.25, -0.2) is 0 Å². The summed E-state index contributed by atoms with van der Waals surface area (Å²) in [5, 5.41) is 20.3. The Morgan fingerprint density at radius 1 is 1.19 bits per heavy atom. The van der Waals surface area contributed by atoms with Gasteiger partial charge in [-0.2, -0.15) is 0 Å². The number of benzene rings is 1. The van der Waals surface area contributed by atoms with E-state index in [1.54, 1.807) is 6.07 Å². The zero-order chi connectivity index (χ0) is 15.2. The van der Waals surface area contributed by atoms with Crippen molar-refractivity contribution in [2.24, 2.45) is 0 Å². The number of carbonyl (C=O) groups is 1. The Balaban J connectivity index is 2.47. The van der Waals surface area contributed by atoms with Crippen molar-refractivity contribution < 1.29 is 15.0 Å². The van der Waals surface area contributed by atoms with Crippen molar-refractivity contribution in [1.29, 1.82) is 0 Å². The molecular weight excluding hydrogens is 288 g/mol. The monoisotopic (exact) mass is 306 g/mol. The van der Waals surface area contributed by atoms with Crippen molar-refractivity contribution >= 4 is 29.0 Å². The molecule has 0 fully saturated rings. The van der Waals surface area contributed by atoms with Gasteiger partial charge in [-0.3, -0.25) is 4.79 Å². The summed E-state index contributed by atoms with van der Waals surface area (Å²) in [5.41, 5.74) is 9.17. The predicted molar refractivity (Wildman–Crippen MR) is 85.9 cm³/mol. The van der Waals surface area contributed by atoms with Crippen LogP contribution in [0.3, 0.4) is 0 Å². The highest BCUT2D eigenvalue weighted by Gasteiger charge is 2.14. The summed E-state index contributed by atoms with van der Waals surface area (Å²) in [5.74, 6) is 0. The topological polar surface area (TPSA) is 86.8 Å². The van der Waals surface area contributed by atoms with Gasteiger partial charge >= 0.3 is 0 Å². The Bertz CT molecular complexity index is 607. The van der Waals surface area contributed by atoms with Gasteiger partial charge in [0.1, 0.15) is 0 Å². The summed E-state index contributed by atoms with van der Waals surface area (Å²) in [4.78, 5) is 13.4. The van der Waals surface area contributed by atoms with E-state index in [1.807, 2.05) is 28.5 Å². The maximum atomic E-state index is 10.9. The molecular formula is C15H18N2O3S. The first-order valence-electron chi connectivity index (χ1n) is 6.60. The highest BCUT2D eigenvalue weighted by atomic mass is 32.1. The van der Waals surface area contributed by atoms with Gasteiger partial charge in [0.2, 0.25) is 0 Å². The Morgan fingerprint density at radius 3 is 2.48 bits per heavy atom. The minimum absolute atomic E-state index is 0.00690. The van der Waals surface area contributed by atoms with Gasteiger partial charge in [-0.15, -0.1) is 11.3 Å². The van der Waals surface area contributed by atoms with Crippen LogP contribution in [0, 0.1) is 0 Å². The van der Waals surface area contributed by atoms with Crippen molar-refractivity contribution in [2.75, 3.05) is 36.9 Å². The summed E-state index contributed by atoms with van der Waals surface area (Å²) < 4.78 is 0. The molecule has 0 radical (unpaired) electrons. The Labute approximate surface area is 127 Å². The van der Waals surface area contributed by atoms with Crippen LogP contribution in [0.1, 0.15) is 9.67 Å². The molecule has 0 bridgehead atoms. The Kier molecular flexibility index (Phi) is 5.32. The lowest BCUT2D eigenvalue weighted by molar-refractivity contribution is 0.112. The average molecular weight is 306 g/mol. The molecule has 0 saturated carbocycles. The van der Waals surface area contributed by atoms with Crippen molar-refractivity contribution in [2.45, 2.75) is 0 Å². The lowest BCUT2D eigenvalue weighted by Crippen LogP contribution is -2.30. The molecule has 0 aliphatic rings. The van der Waals surface area contributed by atoms with Crippen LogP contribution in [-0.4, -0.2) is 42.8 Å². The largest absolute Gasteiger partial charge is 0.399 e. The van der Waals surface area contributed by atoms with Crippen LogP contribution in [0.5, 0.6) is 0 Å². The van der Waals surface area contributed by atoms with Crippen LogP contribution < -0.4 is 10.6 Å². The second-order valence-corrected chi connectivity index (χ2v) is 5.51. The number of aldehydes is 1. The average Bonchev–Trinajstić information content (AvgIpc) is 2.96. The number of rotatable bonds is 7. The first kappa shape index (κ1) is 15.5. The molecule has 4 N–H and O–H groups in total. The summed E-state index contributed by atoms with van der Waals surface area (Å²) in [6.45, 7) is 0.824. The lowest BCUT2D eigenvalue weighted by Gasteiger charge is -2.25. The molecule has 0 unspecified atom stereocenters. The molecule has 1 heterocycles. The van der Waals surface area contributed by atoms with E-state index in [0.29, 0.717) is 23.7 Å². The number of carbonyl (C=O) groups excluding carboxylic acids is 1. The zero-order valence-corrected chi connectivity index (χ0v) is 12.3. The number of nitrogen functional groups attached to an aromatic ring is 1. The first-order chi connectivity index (χ1) is 10.2. The molecule has 0 atom stereocenters. The van der Waals surface area contributed by atoms with Crippen LogP contribution in [-0.2, 0) is 0 Å². The molecule has 1 aromatic carbocycles. The van der Waals surface area contributed by atoms with Crippen molar-refractivity contribution in [3.63, 3.8) is 0 Å². The fourth-order valence-electron chi connectivity index (χ4n) is 2.21. The van der Waals surface area contributed by atoms with Gasteiger partial charge in [0.25, 0.3) is 0 Å². The first-order valence-corrected chi connectivity index (χ1v) is 7.48. The maximum Gasteiger partial charge on any atom is 0.160 e.